The van der Waals surface area contributed by atoms with E-state index in [1.165, 1.54) is 12.1 Å². The third kappa shape index (κ3) is 4.77. The summed E-state index contributed by atoms with van der Waals surface area (Å²) in [6.07, 6.45) is 6.05. The fraction of sp³-hybridized carbons (Fsp3) is 0.250. The number of aromatic nitrogens is 2. The van der Waals surface area contributed by atoms with Crippen LogP contribution in [0.25, 0.3) is 11.8 Å². The molecule has 0 unspecified atom stereocenters. The van der Waals surface area contributed by atoms with Crippen molar-refractivity contribution < 1.29 is 18.7 Å². The minimum Gasteiger partial charge on any atom is -0.495 e. The van der Waals surface area contributed by atoms with Gasteiger partial charge in [-0.1, -0.05) is 18.2 Å². The van der Waals surface area contributed by atoms with E-state index in [1.54, 1.807) is 36.5 Å². The zero-order valence-corrected chi connectivity index (χ0v) is 17.5. The van der Waals surface area contributed by atoms with Gasteiger partial charge in [0.05, 0.1) is 31.4 Å². The number of hydrogen-bond acceptors (Lipinski definition) is 4. The number of aryl methyl sites for hydroxylation is 1. The molecule has 31 heavy (non-hydrogen) atoms. The minimum atomic E-state index is -0.263. The number of carbonyl (C=O) groups is 1. The number of ether oxygens (including phenoxy) is 2. The smallest absolute Gasteiger partial charge is 0.289 e. The van der Waals surface area contributed by atoms with E-state index in [4.69, 9.17) is 9.47 Å². The van der Waals surface area contributed by atoms with Crippen LogP contribution in [0.2, 0.25) is 0 Å². The molecule has 1 fully saturated rings. The Hall–Kier alpha value is -3.61. The number of nitrogens with zero attached hydrogens (tertiary/aromatic N) is 3. The van der Waals surface area contributed by atoms with Gasteiger partial charge < -0.3 is 18.9 Å². The van der Waals surface area contributed by atoms with E-state index in [2.05, 4.69) is 4.98 Å². The molecule has 0 radical (unpaired) electrons. The topological polar surface area (TPSA) is 56.6 Å². The molecule has 1 aliphatic rings. The lowest BCUT2D eigenvalue weighted by molar-refractivity contribution is -0.135. The lowest BCUT2D eigenvalue weighted by Crippen LogP contribution is -2.41. The van der Waals surface area contributed by atoms with E-state index >= 15 is 0 Å². The Kier molecular flexibility index (Phi) is 6.02. The third-order valence-electron chi connectivity index (χ3n) is 5.19. The third-order valence-corrected chi connectivity index (χ3v) is 5.19. The van der Waals surface area contributed by atoms with Gasteiger partial charge in [0, 0.05) is 12.7 Å². The molecule has 2 aromatic carbocycles. The van der Waals surface area contributed by atoms with Crippen LogP contribution in [-0.4, -0.2) is 47.2 Å². The molecule has 2 heterocycles. The zero-order chi connectivity index (χ0) is 21.8. The van der Waals surface area contributed by atoms with Crippen LogP contribution in [-0.2, 0) is 16.0 Å². The van der Waals surface area contributed by atoms with Gasteiger partial charge in [-0.25, -0.2) is 9.37 Å². The summed E-state index contributed by atoms with van der Waals surface area (Å²) in [6.45, 7) is 3.44. The molecule has 0 aliphatic carbocycles. The zero-order valence-electron chi connectivity index (χ0n) is 17.5. The Labute approximate surface area is 180 Å². The van der Waals surface area contributed by atoms with Crippen molar-refractivity contribution in [2.24, 2.45) is 0 Å². The first kappa shape index (κ1) is 20.7. The predicted molar refractivity (Wildman–Crippen MR) is 115 cm³/mol. The predicted octanol–water partition coefficient (Wildman–Crippen LogP) is 3.77. The van der Waals surface area contributed by atoms with E-state index in [-0.39, 0.29) is 11.7 Å². The number of carbonyl (C=O) groups excluding carboxylic acids is 1. The van der Waals surface area contributed by atoms with Crippen LogP contribution in [0.3, 0.4) is 0 Å². The van der Waals surface area contributed by atoms with Crippen molar-refractivity contribution in [2.45, 2.75) is 13.3 Å². The Morgan fingerprint density at radius 2 is 2.03 bits per heavy atom. The van der Waals surface area contributed by atoms with E-state index in [0.29, 0.717) is 37.6 Å². The first-order valence-corrected chi connectivity index (χ1v) is 10.1. The van der Waals surface area contributed by atoms with E-state index in [1.807, 2.05) is 35.9 Å². The number of imidazole rings is 1. The molecular weight excluding hydrogens is 397 g/mol. The molecule has 0 atom stereocenters. The van der Waals surface area contributed by atoms with E-state index in [0.717, 1.165) is 22.5 Å². The molecule has 1 aliphatic heterocycles. The number of methoxy groups -OCH3 is 1. The number of benzene rings is 2. The lowest BCUT2D eigenvalue weighted by atomic mass is 10.1. The average molecular weight is 421 g/mol. The van der Waals surface area contributed by atoms with Crippen LogP contribution < -0.4 is 4.74 Å². The van der Waals surface area contributed by atoms with Crippen LogP contribution in [0, 0.1) is 12.7 Å². The molecule has 3 aromatic rings. The molecule has 1 amide bonds. The highest BCUT2D eigenvalue weighted by Gasteiger charge is 2.24. The lowest BCUT2D eigenvalue weighted by Gasteiger charge is -2.28. The Bertz CT molecular complexity index is 1110. The van der Waals surface area contributed by atoms with Crippen molar-refractivity contribution in [3.05, 3.63) is 83.4 Å². The van der Waals surface area contributed by atoms with Gasteiger partial charge in [-0.2, -0.15) is 0 Å². The van der Waals surface area contributed by atoms with Crippen molar-refractivity contribution in [1.82, 2.24) is 14.5 Å². The summed E-state index contributed by atoms with van der Waals surface area (Å²) in [6, 6.07) is 12.1. The Balaban J connectivity index is 1.49. The van der Waals surface area contributed by atoms with Crippen LogP contribution >= 0.6 is 0 Å². The first-order chi connectivity index (χ1) is 15.0. The van der Waals surface area contributed by atoms with Crippen molar-refractivity contribution in [3.8, 4) is 11.4 Å². The van der Waals surface area contributed by atoms with Crippen molar-refractivity contribution in [2.75, 3.05) is 26.8 Å². The van der Waals surface area contributed by atoms with Crippen molar-refractivity contribution in [3.63, 3.8) is 0 Å². The van der Waals surface area contributed by atoms with Gasteiger partial charge in [-0.3, -0.25) is 4.79 Å². The van der Waals surface area contributed by atoms with Crippen molar-refractivity contribution in [1.29, 1.82) is 0 Å². The first-order valence-electron chi connectivity index (χ1n) is 10.1. The molecule has 0 N–H and O–H groups in total. The molecular formula is C24H24FN3O3. The number of halogens is 1. The standard InChI is InChI=1S/C24H24FN3O3/c1-17-15-28(16-26-17)21-8-5-19(13-22(21)30-2)14-23-24(29)27(11-12-31-23)10-9-18-3-6-20(25)7-4-18/h3-8,13-16H,9-12H2,1-2H3. The molecule has 7 heteroatoms. The molecule has 0 spiro atoms. The maximum absolute atomic E-state index is 13.1. The van der Waals surface area contributed by atoms with Gasteiger partial charge in [0.15, 0.2) is 5.76 Å². The van der Waals surface area contributed by atoms with E-state index in [9.17, 15) is 9.18 Å². The van der Waals surface area contributed by atoms with Gasteiger partial charge >= 0.3 is 0 Å². The SMILES string of the molecule is COc1cc(C=C2OCCN(CCc3ccc(F)cc3)C2=O)ccc1-n1cnc(C)c1. The molecule has 160 valence electrons. The van der Waals surface area contributed by atoms with E-state index < -0.39 is 0 Å². The number of morpholine rings is 1. The van der Waals surface area contributed by atoms with Gasteiger partial charge in [-0.15, -0.1) is 0 Å². The Morgan fingerprint density at radius 1 is 1.23 bits per heavy atom. The molecule has 1 aromatic heterocycles. The summed E-state index contributed by atoms with van der Waals surface area (Å²) in [5.41, 5.74) is 3.57. The highest BCUT2D eigenvalue weighted by atomic mass is 19.1. The molecule has 6 nitrogen and oxygen atoms in total. The molecule has 4 rings (SSSR count). The molecule has 0 saturated carbocycles. The maximum atomic E-state index is 13.1. The quantitative estimate of drug-likeness (QED) is 0.569. The largest absolute Gasteiger partial charge is 0.495 e. The summed E-state index contributed by atoms with van der Waals surface area (Å²) in [5.74, 6) is 0.560. The monoisotopic (exact) mass is 421 g/mol. The second-order valence-corrected chi connectivity index (χ2v) is 7.38. The average Bonchev–Trinajstić information content (AvgIpc) is 3.21. The maximum Gasteiger partial charge on any atom is 0.289 e. The summed E-state index contributed by atoms with van der Waals surface area (Å²) < 4.78 is 26.2. The van der Waals surface area contributed by atoms with Gasteiger partial charge in [0.2, 0.25) is 0 Å². The second kappa shape index (κ2) is 9.04. The van der Waals surface area contributed by atoms with Crippen LogP contribution in [0.4, 0.5) is 4.39 Å². The molecule has 1 saturated heterocycles. The summed E-state index contributed by atoms with van der Waals surface area (Å²) in [7, 11) is 1.61. The Morgan fingerprint density at radius 3 is 2.74 bits per heavy atom. The van der Waals surface area contributed by atoms with Crippen LogP contribution in [0.1, 0.15) is 16.8 Å². The van der Waals surface area contributed by atoms with Gasteiger partial charge in [0.1, 0.15) is 18.2 Å². The molecule has 0 bridgehead atoms. The van der Waals surface area contributed by atoms with Crippen molar-refractivity contribution >= 4 is 12.0 Å². The number of rotatable bonds is 6. The number of hydrogen-bond donors (Lipinski definition) is 0. The highest BCUT2D eigenvalue weighted by Crippen LogP contribution is 2.26. The van der Waals surface area contributed by atoms with Gasteiger partial charge in [-0.05, 0) is 54.8 Å². The number of amides is 1. The fourth-order valence-electron chi connectivity index (χ4n) is 3.52. The minimum absolute atomic E-state index is 0.151. The normalized spacial score (nSPS) is 15.3. The second-order valence-electron chi connectivity index (χ2n) is 7.38. The van der Waals surface area contributed by atoms with Crippen LogP contribution in [0.5, 0.6) is 5.75 Å². The summed E-state index contributed by atoms with van der Waals surface area (Å²) >= 11 is 0. The van der Waals surface area contributed by atoms with Gasteiger partial charge in [0.25, 0.3) is 5.91 Å². The summed E-state index contributed by atoms with van der Waals surface area (Å²) in [5, 5.41) is 0. The highest BCUT2D eigenvalue weighted by molar-refractivity contribution is 5.96. The van der Waals surface area contributed by atoms with Crippen LogP contribution in [0.15, 0.2) is 60.7 Å². The summed E-state index contributed by atoms with van der Waals surface area (Å²) in [4.78, 5) is 18.9. The fourth-order valence-corrected chi connectivity index (χ4v) is 3.52.